The van der Waals surface area contributed by atoms with Crippen LogP contribution >= 0.6 is 47.0 Å². The molecule has 2 N–H and O–H groups in total. The van der Waals surface area contributed by atoms with Gasteiger partial charge in [0.2, 0.25) is 10.2 Å². The molecule has 7 unspecified atom stereocenters. The van der Waals surface area contributed by atoms with Crippen molar-refractivity contribution in [1.82, 2.24) is 19.9 Å². The molecule has 10 aliphatic heterocycles. The van der Waals surface area contributed by atoms with Crippen molar-refractivity contribution in [2.24, 2.45) is 11.8 Å². The number of aromatic nitrogens is 4. The van der Waals surface area contributed by atoms with Crippen LogP contribution in [-0.2, 0) is 19.2 Å². The van der Waals surface area contributed by atoms with Gasteiger partial charge in [-0.1, -0.05) is 71.4 Å². The molecule has 0 saturated carbocycles. The Labute approximate surface area is 313 Å². The number of nitrogens with one attached hydrogen (secondary N) is 2. The molecule has 0 aromatic carbocycles. The van der Waals surface area contributed by atoms with Gasteiger partial charge in [0.25, 0.3) is 0 Å². The van der Waals surface area contributed by atoms with E-state index in [-0.39, 0.29) is 53.3 Å². The fourth-order valence-corrected chi connectivity index (χ4v) is 15.4. The van der Waals surface area contributed by atoms with Crippen LogP contribution in [0, 0.1) is 11.8 Å². The fraction of sp³-hybridized carbons (Fsp3) is 0.300. The van der Waals surface area contributed by atoms with Crippen LogP contribution in [-0.4, -0.2) is 50.9 Å². The van der Waals surface area contributed by atoms with E-state index in [1.807, 2.05) is 18.2 Å². The molecule has 0 amide bonds. The summed E-state index contributed by atoms with van der Waals surface area (Å²) in [5, 5.41) is 0.513. The van der Waals surface area contributed by atoms with E-state index >= 15 is 0 Å². The summed E-state index contributed by atoms with van der Waals surface area (Å²) in [6.45, 7) is 0. The van der Waals surface area contributed by atoms with Crippen LogP contribution < -0.4 is 0 Å². The summed E-state index contributed by atoms with van der Waals surface area (Å²) in [5.74, 6) is -1.17. The van der Waals surface area contributed by atoms with Gasteiger partial charge in [0.05, 0.1) is 56.9 Å². The molecule has 8 atom stereocenters. The lowest BCUT2D eigenvalue weighted by molar-refractivity contribution is -0.113. The summed E-state index contributed by atoms with van der Waals surface area (Å²) >= 11 is 5.62. The van der Waals surface area contributed by atoms with Gasteiger partial charge in [-0.15, -0.1) is 0 Å². The van der Waals surface area contributed by atoms with Gasteiger partial charge < -0.3 is 9.97 Å². The van der Waals surface area contributed by atoms with Gasteiger partial charge in [0.1, 0.15) is 0 Å². The molecular weight excluding hydrogens is 729 g/mol. The number of hydrogen-bond donors (Lipinski definition) is 2. The molecule has 52 heavy (non-hydrogen) atoms. The second-order valence-corrected chi connectivity index (χ2v) is 19.8. The Morgan fingerprint density at radius 1 is 0.462 bits per heavy atom. The summed E-state index contributed by atoms with van der Waals surface area (Å²) in [6.07, 6.45) is 11.8. The number of thioether (sulfide) groups is 4. The number of carbonyl (C=O) groups excluding carboxylic acids is 4. The van der Waals surface area contributed by atoms with Gasteiger partial charge in [-0.25, -0.2) is 9.97 Å². The average molecular weight is 755 g/mol. The lowest BCUT2D eigenvalue weighted by atomic mass is 9.82. The third-order valence-electron chi connectivity index (χ3n) is 12.6. The number of H-pyrrole nitrogens is 2. The van der Waals surface area contributed by atoms with Gasteiger partial charge in [0, 0.05) is 43.7 Å². The first-order valence-corrected chi connectivity index (χ1v) is 21.4. The van der Waals surface area contributed by atoms with Crippen molar-refractivity contribution in [2.75, 3.05) is 0 Å². The predicted molar refractivity (Wildman–Crippen MR) is 207 cm³/mol. The SMILES string of the molecule is O=C1SC2C=CC1C1=C2c2cc3[nH]c(cc4[nH]c(cc5nc(cc1n2)C1=C5[C@H]2C=CC1SC2=O)c1c4C2CCC1SC2=O)c1c3C2CCC1SC2=O. The van der Waals surface area contributed by atoms with Crippen LogP contribution in [0.4, 0.5) is 0 Å². The van der Waals surface area contributed by atoms with Crippen molar-refractivity contribution < 1.29 is 19.2 Å². The van der Waals surface area contributed by atoms with Gasteiger partial charge in [0.15, 0.2) is 10.2 Å². The highest BCUT2D eigenvalue weighted by Gasteiger charge is 2.47. The lowest BCUT2D eigenvalue weighted by Crippen LogP contribution is -2.26. The monoisotopic (exact) mass is 754 g/mol. The molecule has 14 aliphatic rings. The molecule has 4 aliphatic carbocycles. The number of allylic oxidation sites excluding steroid dienone is 4. The van der Waals surface area contributed by atoms with Crippen molar-refractivity contribution in [3.63, 3.8) is 0 Å². The maximum atomic E-state index is 13.4. The van der Waals surface area contributed by atoms with Gasteiger partial charge in [-0.3, -0.25) is 19.2 Å². The number of hydrogen-bond acceptors (Lipinski definition) is 10. The molecule has 0 spiro atoms. The zero-order valence-corrected chi connectivity index (χ0v) is 30.5. The minimum absolute atomic E-state index is 0.0484. The maximum Gasteiger partial charge on any atom is 0.201 e. The molecule has 2 fully saturated rings. The third kappa shape index (κ3) is 3.67. The van der Waals surface area contributed by atoms with Gasteiger partial charge in [-0.2, -0.15) is 0 Å². The zero-order valence-electron chi connectivity index (χ0n) is 27.2. The molecule has 0 radical (unpaired) electrons. The minimum atomic E-state index is -0.397. The molecule has 12 heteroatoms. The Bertz CT molecular complexity index is 2700. The first kappa shape index (κ1) is 29.6. The number of carbonyl (C=O) groups is 4. The normalized spacial score (nSPS) is 32.6. The van der Waals surface area contributed by atoms with E-state index < -0.39 is 11.8 Å². The van der Waals surface area contributed by atoms with Crippen LogP contribution in [0.2, 0.25) is 0 Å². The standard InChI is InChI=1S/C40H26N4O4S4/c45-37-13-1-5-25(49-37)33-21-10-18-30-14-3-7-27(51-38(14)46)35(30)23(43-18)12-20-32-16-4-8-28(52-40(16)48)36(32)24(44-20)11-19-31-15-2-6-26(50-39(15)47)34(31)22(42-19)9-17(41-21)29(13)33/h1-2,5-6,9-16,25-28,43-44H,3-4,7-8H2/t13?,14?,15-,16?,25?,26?,27?,28?/m1/s1. The zero-order chi connectivity index (χ0) is 34.3. The maximum absolute atomic E-state index is 13.4. The molecule has 3 aromatic rings. The van der Waals surface area contributed by atoms with E-state index in [9.17, 15) is 19.2 Å². The molecule has 17 rings (SSSR count). The molecule has 254 valence electrons. The highest BCUT2D eigenvalue weighted by atomic mass is 32.2. The van der Waals surface area contributed by atoms with E-state index in [4.69, 9.17) is 9.97 Å². The Kier molecular flexibility index (Phi) is 5.70. The average Bonchev–Trinajstić information content (AvgIpc) is 3.90. The highest BCUT2D eigenvalue weighted by Crippen LogP contribution is 2.59. The van der Waals surface area contributed by atoms with Crippen molar-refractivity contribution in [3.8, 4) is 0 Å². The van der Waals surface area contributed by atoms with E-state index in [1.165, 1.54) is 58.2 Å². The number of rotatable bonds is 0. The summed E-state index contributed by atoms with van der Waals surface area (Å²) < 4.78 is 0. The van der Waals surface area contributed by atoms with Crippen LogP contribution in [0.3, 0.4) is 0 Å². The van der Waals surface area contributed by atoms with E-state index in [0.29, 0.717) is 0 Å². The van der Waals surface area contributed by atoms with E-state index in [0.717, 1.165) is 104 Å². The van der Waals surface area contributed by atoms with Crippen LogP contribution in [0.15, 0.2) is 48.6 Å². The Morgan fingerprint density at radius 2 is 0.904 bits per heavy atom. The van der Waals surface area contributed by atoms with Gasteiger partial charge in [-0.05, 0) is 83.3 Å². The number of fused-ring (bicyclic) bond motifs is 14. The summed E-state index contributed by atoms with van der Waals surface area (Å²) in [6, 6.07) is 8.45. The van der Waals surface area contributed by atoms with Crippen molar-refractivity contribution in [3.05, 3.63) is 93.6 Å². The topological polar surface area (TPSA) is 126 Å². The quantitative estimate of drug-likeness (QED) is 0.217. The largest absolute Gasteiger partial charge is 0.355 e. The van der Waals surface area contributed by atoms with Crippen molar-refractivity contribution >= 4 is 112 Å². The third-order valence-corrected chi connectivity index (χ3v) is 17.4. The Morgan fingerprint density at radius 3 is 1.42 bits per heavy atom. The Balaban J connectivity index is 1.19. The number of aromatic amines is 2. The molecule has 2 saturated heterocycles. The van der Waals surface area contributed by atoms with Gasteiger partial charge >= 0.3 is 0 Å². The smallest absolute Gasteiger partial charge is 0.201 e. The first-order valence-electron chi connectivity index (χ1n) is 17.9. The second-order valence-electron chi connectivity index (χ2n) is 15.1. The predicted octanol–water partition coefficient (Wildman–Crippen LogP) is 8.18. The summed E-state index contributed by atoms with van der Waals surface area (Å²) in [7, 11) is 0. The number of nitrogens with zero attached hydrogens (tertiary/aromatic N) is 2. The fourth-order valence-electron chi connectivity index (χ4n) is 10.5. The van der Waals surface area contributed by atoms with Crippen LogP contribution in [0.5, 0.6) is 0 Å². The molecular formula is C40H26N4O4S4. The molecule has 13 heterocycles. The second kappa shape index (κ2) is 10.0. The summed E-state index contributed by atoms with van der Waals surface area (Å²) in [5.41, 5.74) is 15.3. The molecule has 16 bridgehead atoms. The van der Waals surface area contributed by atoms with Crippen LogP contribution in [0.25, 0.3) is 44.4 Å². The first-order chi connectivity index (χ1) is 25.4. The highest BCUT2D eigenvalue weighted by molar-refractivity contribution is 8.15. The molecule has 3 aromatic heterocycles. The van der Waals surface area contributed by atoms with E-state index in [2.05, 4.69) is 40.3 Å². The van der Waals surface area contributed by atoms with Crippen molar-refractivity contribution in [1.29, 1.82) is 0 Å². The minimum Gasteiger partial charge on any atom is -0.355 e. The van der Waals surface area contributed by atoms with Crippen molar-refractivity contribution in [2.45, 2.75) is 58.5 Å². The van der Waals surface area contributed by atoms with Crippen LogP contribution in [0.1, 0.15) is 93.0 Å². The van der Waals surface area contributed by atoms with E-state index in [1.54, 1.807) is 0 Å². The Hall–Kier alpha value is -3.84. The lowest BCUT2D eigenvalue weighted by Gasteiger charge is -2.35. The summed E-state index contributed by atoms with van der Waals surface area (Å²) in [4.78, 5) is 71.8. The molecule has 8 nitrogen and oxygen atoms in total.